The van der Waals surface area contributed by atoms with Crippen molar-refractivity contribution in [3.8, 4) is 5.75 Å². The van der Waals surface area contributed by atoms with Crippen LogP contribution in [0.15, 0.2) is 36.4 Å². The largest absolute Gasteiger partial charge is 0.493 e. The van der Waals surface area contributed by atoms with Crippen molar-refractivity contribution in [2.24, 2.45) is 0 Å². The summed E-state index contributed by atoms with van der Waals surface area (Å²) in [7, 11) is 0. The maximum absolute atomic E-state index is 6.00. The quantitative estimate of drug-likeness (QED) is 0.851. The van der Waals surface area contributed by atoms with Gasteiger partial charge in [0.05, 0.1) is 6.61 Å². The Morgan fingerprint density at radius 1 is 1.11 bits per heavy atom. The summed E-state index contributed by atoms with van der Waals surface area (Å²) in [4.78, 5) is 0. The Balaban J connectivity index is 2.02. The van der Waals surface area contributed by atoms with E-state index in [4.69, 9.17) is 22.1 Å². The highest BCUT2D eigenvalue weighted by atomic mass is 35.5. The smallest absolute Gasteiger partial charge is 0.125 e. The number of halogens is 1. The van der Waals surface area contributed by atoms with E-state index in [1.165, 1.54) is 0 Å². The standard InChI is InChI=1S/C16H18ClNO/c1-11-9-14(17)10-12(2)16(11)19-8-7-13-5-3-4-6-15(13)18/h3-6,9-10H,7-8,18H2,1-2H3. The predicted molar refractivity (Wildman–Crippen MR) is 81.0 cm³/mol. The molecule has 0 amide bonds. The van der Waals surface area contributed by atoms with Crippen LogP contribution in [0.2, 0.25) is 5.02 Å². The van der Waals surface area contributed by atoms with Crippen LogP contribution in [-0.2, 0) is 6.42 Å². The second-order valence-corrected chi connectivity index (χ2v) is 5.10. The van der Waals surface area contributed by atoms with Gasteiger partial charge in [-0.1, -0.05) is 29.8 Å². The van der Waals surface area contributed by atoms with Gasteiger partial charge in [0.15, 0.2) is 0 Å². The van der Waals surface area contributed by atoms with Crippen LogP contribution in [0.3, 0.4) is 0 Å². The summed E-state index contributed by atoms with van der Waals surface area (Å²) in [6, 6.07) is 11.7. The third-order valence-electron chi connectivity index (χ3n) is 3.10. The lowest BCUT2D eigenvalue weighted by atomic mass is 10.1. The van der Waals surface area contributed by atoms with E-state index >= 15 is 0 Å². The number of hydrogen-bond acceptors (Lipinski definition) is 2. The van der Waals surface area contributed by atoms with E-state index in [0.717, 1.165) is 39.6 Å². The zero-order valence-electron chi connectivity index (χ0n) is 11.2. The number of hydrogen-bond donors (Lipinski definition) is 1. The van der Waals surface area contributed by atoms with Gasteiger partial charge in [-0.2, -0.15) is 0 Å². The van der Waals surface area contributed by atoms with Crippen molar-refractivity contribution in [3.05, 3.63) is 58.1 Å². The summed E-state index contributed by atoms with van der Waals surface area (Å²) < 4.78 is 5.87. The summed E-state index contributed by atoms with van der Waals surface area (Å²) >= 11 is 6.00. The van der Waals surface area contributed by atoms with Gasteiger partial charge in [0.2, 0.25) is 0 Å². The van der Waals surface area contributed by atoms with Crippen molar-refractivity contribution in [2.45, 2.75) is 20.3 Å². The minimum absolute atomic E-state index is 0.609. The van der Waals surface area contributed by atoms with Crippen LogP contribution in [-0.4, -0.2) is 6.61 Å². The van der Waals surface area contributed by atoms with Crippen LogP contribution in [0, 0.1) is 13.8 Å². The van der Waals surface area contributed by atoms with Gasteiger partial charge in [-0.25, -0.2) is 0 Å². The predicted octanol–water partition coefficient (Wildman–Crippen LogP) is 4.16. The number of benzene rings is 2. The highest BCUT2D eigenvalue weighted by Crippen LogP contribution is 2.27. The molecule has 0 aliphatic rings. The number of nitrogens with two attached hydrogens (primary N) is 1. The molecule has 2 N–H and O–H groups in total. The van der Waals surface area contributed by atoms with Gasteiger partial charge in [0.25, 0.3) is 0 Å². The molecule has 0 aromatic heterocycles. The zero-order chi connectivity index (χ0) is 13.8. The average Bonchev–Trinajstić information content (AvgIpc) is 2.34. The summed E-state index contributed by atoms with van der Waals surface area (Å²) in [6.07, 6.45) is 0.800. The van der Waals surface area contributed by atoms with Gasteiger partial charge in [-0.05, 0) is 48.7 Å². The minimum atomic E-state index is 0.609. The number of nitrogen functional groups attached to an aromatic ring is 1. The van der Waals surface area contributed by atoms with Crippen molar-refractivity contribution in [3.63, 3.8) is 0 Å². The van der Waals surface area contributed by atoms with Crippen LogP contribution in [0.1, 0.15) is 16.7 Å². The topological polar surface area (TPSA) is 35.2 Å². The second-order valence-electron chi connectivity index (χ2n) is 4.67. The lowest BCUT2D eigenvalue weighted by molar-refractivity contribution is 0.318. The van der Waals surface area contributed by atoms with Crippen LogP contribution < -0.4 is 10.5 Å². The fourth-order valence-electron chi connectivity index (χ4n) is 2.15. The molecule has 0 aliphatic carbocycles. The van der Waals surface area contributed by atoms with Gasteiger partial charge in [0.1, 0.15) is 5.75 Å². The normalized spacial score (nSPS) is 10.5. The Hall–Kier alpha value is -1.67. The van der Waals surface area contributed by atoms with E-state index in [1.54, 1.807) is 0 Å². The molecule has 2 rings (SSSR count). The van der Waals surface area contributed by atoms with Gasteiger partial charge >= 0.3 is 0 Å². The second kappa shape index (κ2) is 5.98. The Morgan fingerprint density at radius 2 is 1.74 bits per heavy atom. The third-order valence-corrected chi connectivity index (χ3v) is 3.32. The van der Waals surface area contributed by atoms with Gasteiger partial charge in [-0.3, -0.25) is 0 Å². The molecule has 0 aliphatic heterocycles. The van der Waals surface area contributed by atoms with Gasteiger partial charge < -0.3 is 10.5 Å². The SMILES string of the molecule is Cc1cc(Cl)cc(C)c1OCCc1ccccc1N. The Morgan fingerprint density at radius 3 is 2.37 bits per heavy atom. The molecular weight excluding hydrogens is 258 g/mol. The molecule has 2 aromatic rings. The first-order valence-corrected chi connectivity index (χ1v) is 6.68. The Kier molecular flexibility index (Phi) is 4.33. The first-order valence-electron chi connectivity index (χ1n) is 6.31. The fourth-order valence-corrected chi connectivity index (χ4v) is 2.48. The van der Waals surface area contributed by atoms with Crippen molar-refractivity contribution < 1.29 is 4.74 Å². The first kappa shape index (κ1) is 13.8. The molecule has 19 heavy (non-hydrogen) atoms. The highest BCUT2D eigenvalue weighted by Gasteiger charge is 2.06. The Bertz CT molecular complexity index is 558. The van der Waals surface area contributed by atoms with Gasteiger partial charge in [0, 0.05) is 17.1 Å². The van der Waals surface area contributed by atoms with Crippen LogP contribution >= 0.6 is 11.6 Å². The number of anilines is 1. The lowest BCUT2D eigenvalue weighted by Crippen LogP contribution is -2.05. The molecule has 2 nitrogen and oxygen atoms in total. The first-order chi connectivity index (χ1) is 9.08. The van der Waals surface area contributed by atoms with Crippen LogP contribution in [0.25, 0.3) is 0 Å². The molecule has 0 atom stereocenters. The van der Waals surface area contributed by atoms with Crippen molar-refractivity contribution in [2.75, 3.05) is 12.3 Å². The highest BCUT2D eigenvalue weighted by molar-refractivity contribution is 6.30. The minimum Gasteiger partial charge on any atom is -0.493 e. The fraction of sp³-hybridized carbons (Fsp3) is 0.250. The van der Waals surface area contributed by atoms with E-state index in [2.05, 4.69) is 0 Å². The van der Waals surface area contributed by atoms with Crippen molar-refractivity contribution >= 4 is 17.3 Å². The van der Waals surface area contributed by atoms with Crippen molar-refractivity contribution in [1.82, 2.24) is 0 Å². The molecule has 0 saturated heterocycles. The maximum Gasteiger partial charge on any atom is 0.125 e. The molecule has 2 aromatic carbocycles. The van der Waals surface area contributed by atoms with E-state index in [-0.39, 0.29) is 0 Å². The molecule has 3 heteroatoms. The number of aryl methyl sites for hydroxylation is 2. The molecule has 100 valence electrons. The maximum atomic E-state index is 6.00. The summed E-state index contributed by atoms with van der Waals surface area (Å²) in [6.45, 7) is 4.62. The van der Waals surface area contributed by atoms with E-state index in [9.17, 15) is 0 Å². The number of ether oxygens (including phenoxy) is 1. The summed E-state index contributed by atoms with van der Waals surface area (Å²) in [5.74, 6) is 0.916. The van der Waals surface area contributed by atoms with Crippen LogP contribution in [0.5, 0.6) is 5.75 Å². The molecule has 0 fully saturated rings. The molecule has 0 heterocycles. The lowest BCUT2D eigenvalue weighted by Gasteiger charge is -2.13. The zero-order valence-corrected chi connectivity index (χ0v) is 12.0. The van der Waals surface area contributed by atoms with Crippen LogP contribution in [0.4, 0.5) is 5.69 Å². The molecule has 0 saturated carbocycles. The molecular formula is C16H18ClNO. The Labute approximate surface area is 119 Å². The molecule has 0 bridgehead atoms. The van der Waals surface area contributed by atoms with Crippen molar-refractivity contribution in [1.29, 1.82) is 0 Å². The summed E-state index contributed by atoms with van der Waals surface area (Å²) in [5.41, 5.74) is 9.96. The monoisotopic (exact) mass is 275 g/mol. The average molecular weight is 276 g/mol. The number of rotatable bonds is 4. The number of para-hydroxylation sites is 1. The van der Waals surface area contributed by atoms with E-state index in [1.807, 2.05) is 50.2 Å². The van der Waals surface area contributed by atoms with E-state index < -0.39 is 0 Å². The molecule has 0 unspecified atom stereocenters. The summed E-state index contributed by atoms with van der Waals surface area (Å²) in [5, 5.41) is 0.745. The van der Waals surface area contributed by atoms with Gasteiger partial charge in [-0.15, -0.1) is 0 Å². The molecule has 0 spiro atoms. The third kappa shape index (κ3) is 3.42. The molecule has 0 radical (unpaired) electrons. The van der Waals surface area contributed by atoms with E-state index in [0.29, 0.717) is 6.61 Å².